The number of aliphatic carboxylic acids is 1. The zero-order valence-electron chi connectivity index (χ0n) is 15.3. The lowest BCUT2D eigenvalue weighted by Gasteiger charge is -2.39. The molecule has 0 aliphatic carbocycles. The molecule has 2 aliphatic rings. The van der Waals surface area contributed by atoms with Crippen LogP contribution >= 0.6 is 0 Å². The molecule has 1 aromatic rings. The third-order valence-electron chi connectivity index (χ3n) is 5.80. The van der Waals surface area contributed by atoms with Crippen LogP contribution in [0.5, 0.6) is 11.5 Å². The van der Waals surface area contributed by atoms with Crippen LogP contribution in [0.2, 0.25) is 0 Å². The summed E-state index contributed by atoms with van der Waals surface area (Å²) in [5.74, 6) is 0.819. The summed E-state index contributed by atoms with van der Waals surface area (Å²) in [6.45, 7) is 3.80. The van der Waals surface area contributed by atoms with E-state index in [1.807, 2.05) is 24.1 Å². The van der Waals surface area contributed by atoms with Crippen LogP contribution < -0.4 is 9.47 Å². The van der Waals surface area contributed by atoms with E-state index < -0.39 is 5.97 Å². The van der Waals surface area contributed by atoms with Crippen molar-refractivity contribution in [2.24, 2.45) is 5.41 Å². The minimum absolute atomic E-state index is 0.173. The molecule has 2 fully saturated rings. The van der Waals surface area contributed by atoms with Gasteiger partial charge in [-0.15, -0.1) is 0 Å². The van der Waals surface area contributed by atoms with Crippen molar-refractivity contribution in [2.75, 3.05) is 40.9 Å². The fourth-order valence-electron chi connectivity index (χ4n) is 4.33. The van der Waals surface area contributed by atoms with Gasteiger partial charge in [-0.05, 0) is 62.5 Å². The Morgan fingerprint density at radius 2 is 1.92 bits per heavy atom. The van der Waals surface area contributed by atoms with E-state index in [1.165, 1.54) is 5.56 Å². The van der Waals surface area contributed by atoms with Crippen molar-refractivity contribution in [1.82, 2.24) is 9.80 Å². The van der Waals surface area contributed by atoms with E-state index in [-0.39, 0.29) is 11.5 Å². The number of piperidine rings is 1. The number of benzene rings is 1. The van der Waals surface area contributed by atoms with Gasteiger partial charge in [0.1, 0.15) is 6.04 Å². The molecule has 1 N–H and O–H groups in total. The summed E-state index contributed by atoms with van der Waals surface area (Å²) in [5, 5.41) is 9.36. The highest BCUT2D eigenvalue weighted by atomic mass is 16.5. The van der Waals surface area contributed by atoms with Crippen LogP contribution in [0.4, 0.5) is 0 Å². The Morgan fingerprint density at radius 3 is 2.48 bits per heavy atom. The highest BCUT2D eigenvalue weighted by Gasteiger charge is 2.46. The van der Waals surface area contributed by atoms with E-state index >= 15 is 0 Å². The van der Waals surface area contributed by atoms with Gasteiger partial charge < -0.3 is 14.6 Å². The zero-order chi connectivity index (χ0) is 18.0. The number of nitrogens with zero attached hydrogens (tertiary/aromatic N) is 2. The quantitative estimate of drug-likeness (QED) is 0.879. The van der Waals surface area contributed by atoms with Crippen LogP contribution in [0, 0.1) is 5.41 Å². The van der Waals surface area contributed by atoms with Crippen LogP contribution in [0.1, 0.15) is 24.8 Å². The fraction of sp³-hybridized carbons (Fsp3) is 0.632. The van der Waals surface area contributed by atoms with Crippen LogP contribution in [0.15, 0.2) is 18.2 Å². The highest BCUT2D eigenvalue weighted by Crippen LogP contribution is 2.43. The second-order valence-electron chi connectivity index (χ2n) is 7.44. The van der Waals surface area contributed by atoms with Gasteiger partial charge in [-0.2, -0.15) is 0 Å². The normalized spacial score (nSPS) is 23.7. The molecule has 0 amide bonds. The molecule has 3 rings (SSSR count). The van der Waals surface area contributed by atoms with Crippen LogP contribution in [0.25, 0.3) is 0 Å². The number of likely N-dealkylation sites (N-methyl/N-ethyl adjacent to an activating group) is 1. The molecule has 1 aromatic carbocycles. The molecular weight excluding hydrogens is 320 g/mol. The summed E-state index contributed by atoms with van der Waals surface area (Å²) in [6, 6.07) is 5.74. The Labute approximate surface area is 149 Å². The zero-order valence-corrected chi connectivity index (χ0v) is 15.3. The van der Waals surface area contributed by atoms with Gasteiger partial charge in [0.2, 0.25) is 0 Å². The van der Waals surface area contributed by atoms with E-state index in [2.05, 4.69) is 11.0 Å². The van der Waals surface area contributed by atoms with Gasteiger partial charge in [-0.1, -0.05) is 6.07 Å². The molecule has 2 saturated heterocycles. The maximum atomic E-state index is 11.4. The Bertz CT molecular complexity index is 626. The first-order chi connectivity index (χ1) is 12.0. The first kappa shape index (κ1) is 18.0. The number of carboxylic acids is 1. The monoisotopic (exact) mass is 348 g/mol. The fourth-order valence-corrected chi connectivity index (χ4v) is 4.33. The number of rotatable bonds is 5. The van der Waals surface area contributed by atoms with Crippen molar-refractivity contribution in [3.8, 4) is 11.5 Å². The molecule has 0 bridgehead atoms. The summed E-state index contributed by atoms with van der Waals surface area (Å²) in [5.41, 5.74) is 1.38. The first-order valence-electron chi connectivity index (χ1n) is 8.83. The minimum atomic E-state index is -0.688. The van der Waals surface area contributed by atoms with Crippen LogP contribution in [0.3, 0.4) is 0 Å². The molecule has 138 valence electrons. The molecule has 1 atom stereocenters. The molecule has 25 heavy (non-hydrogen) atoms. The second-order valence-corrected chi connectivity index (χ2v) is 7.44. The Hall–Kier alpha value is -1.79. The predicted molar refractivity (Wildman–Crippen MR) is 95.2 cm³/mol. The van der Waals surface area contributed by atoms with E-state index in [9.17, 15) is 9.90 Å². The van der Waals surface area contributed by atoms with Crippen molar-refractivity contribution >= 4 is 5.97 Å². The summed E-state index contributed by atoms with van der Waals surface area (Å²) >= 11 is 0. The van der Waals surface area contributed by atoms with Gasteiger partial charge in [0.25, 0.3) is 0 Å². The molecule has 6 heteroatoms. The van der Waals surface area contributed by atoms with E-state index in [0.717, 1.165) is 56.9 Å². The van der Waals surface area contributed by atoms with Crippen molar-refractivity contribution in [1.29, 1.82) is 0 Å². The van der Waals surface area contributed by atoms with Gasteiger partial charge in [-0.3, -0.25) is 14.6 Å². The summed E-state index contributed by atoms with van der Waals surface area (Å²) < 4.78 is 10.7. The molecular formula is C19H28N2O4. The van der Waals surface area contributed by atoms with Gasteiger partial charge in [-0.25, -0.2) is 0 Å². The lowest BCUT2D eigenvalue weighted by molar-refractivity contribution is -0.141. The van der Waals surface area contributed by atoms with Gasteiger partial charge in [0, 0.05) is 13.1 Å². The lowest BCUT2D eigenvalue weighted by atomic mass is 9.76. The Kier molecular flexibility index (Phi) is 5.20. The number of ether oxygens (including phenoxy) is 2. The standard InChI is InChI=1S/C19H28N2O4/c1-20-13-19(11-15(20)18(22)23)6-8-21(9-7-19)12-14-4-5-16(24-2)17(10-14)25-3/h4-5,10,15H,6-9,11-13H2,1-3H3,(H,22,23). The third kappa shape index (κ3) is 3.75. The van der Waals surface area contributed by atoms with Crippen molar-refractivity contribution in [2.45, 2.75) is 31.8 Å². The van der Waals surface area contributed by atoms with Crippen LogP contribution in [-0.2, 0) is 11.3 Å². The molecule has 0 aromatic heterocycles. The summed E-state index contributed by atoms with van der Waals surface area (Å²) in [6.07, 6.45) is 2.91. The highest BCUT2D eigenvalue weighted by molar-refractivity contribution is 5.74. The second kappa shape index (κ2) is 7.22. The lowest BCUT2D eigenvalue weighted by Crippen LogP contribution is -2.40. The maximum absolute atomic E-state index is 11.4. The molecule has 6 nitrogen and oxygen atoms in total. The molecule has 0 saturated carbocycles. The third-order valence-corrected chi connectivity index (χ3v) is 5.80. The number of hydrogen-bond donors (Lipinski definition) is 1. The smallest absolute Gasteiger partial charge is 0.320 e. The summed E-state index contributed by atoms with van der Waals surface area (Å²) in [7, 11) is 5.23. The minimum Gasteiger partial charge on any atom is -0.493 e. The summed E-state index contributed by atoms with van der Waals surface area (Å²) in [4.78, 5) is 15.8. The number of likely N-dealkylation sites (tertiary alicyclic amines) is 2. The first-order valence-corrected chi connectivity index (χ1v) is 8.83. The molecule has 2 heterocycles. The number of carboxylic acid groups (broad SMARTS) is 1. The number of hydrogen-bond acceptors (Lipinski definition) is 5. The van der Waals surface area contributed by atoms with Crippen molar-refractivity contribution in [3.05, 3.63) is 23.8 Å². The van der Waals surface area contributed by atoms with Crippen molar-refractivity contribution in [3.63, 3.8) is 0 Å². The topological polar surface area (TPSA) is 62.2 Å². The van der Waals surface area contributed by atoms with Gasteiger partial charge >= 0.3 is 5.97 Å². The van der Waals surface area contributed by atoms with E-state index in [4.69, 9.17) is 9.47 Å². The molecule has 1 spiro atoms. The van der Waals surface area contributed by atoms with Gasteiger partial charge in [0.15, 0.2) is 11.5 Å². The SMILES string of the molecule is COc1ccc(CN2CCC3(CC2)CC(C(=O)O)N(C)C3)cc1OC. The number of carbonyl (C=O) groups is 1. The maximum Gasteiger partial charge on any atom is 0.320 e. The van der Waals surface area contributed by atoms with E-state index in [1.54, 1.807) is 14.2 Å². The predicted octanol–water partition coefficient (Wildman–Crippen LogP) is 2.07. The molecule has 0 radical (unpaired) electrons. The van der Waals surface area contributed by atoms with E-state index in [0.29, 0.717) is 0 Å². The Balaban J connectivity index is 1.59. The van der Waals surface area contributed by atoms with Gasteiger partial charge in [0.05, 0.1) is 14.2 Å². The molecule has 2 aliphatic heterocycles. The largest absolute Gasteiger partial charge is 0.493 e. The average Bonchev–Trinajstić information content (AvgIpc) is 2.93. The molecule has 1 unspecified atom stereocenters. The van der Waals surface area contributed by atoms with Crippen molar-refractivity contribution < 1.29 is 19.4 Å². The average molecular weight is 348 g/mol. The van der Waals surface area contributed by atoms with Crippen LogP contribution in [-0.4, -0.2) is 67.8 Å². The number of methoxy groups -OCH3 is 2. The Morgan fingerprint density at radius 1 is 1.24 bits per heavy atom.